The average molecular weight is 271 g/mol. The highest BCUT2D eigenvalue weighted by molar-refractivity contribution is 9.10. The van der Waals surface area contributed by atoms with Crippen molar-refractivity contribution in [3.05, 3.63) is 33.6 Å². The zero-order chi connectivity index (χ0) is 9.97. The Morgan fingerprint density at radius 3 is 2.86 bits per heavy atom. The molecule has 3 heteroatoms. The topological polar surface area (TPSA) is 9.23 Å². The van der Waals surface area contributed by atoms with Gasteiger partial charge in [0.2, 0.25) is 0 Å². The van der Waals surface area contributed by atoms with Crippen molar-refractivity contribution < 1.29 is 4.74 Å². The standard InChI is InChI=1S/C11H11BrOS/c1-2-13-7-10-11(12)8-5-3-4-6-9(8)14-10/h3-6H,2,7H2,1H3. The van der Waals surface area contributed by atoms with E-state index in [0.717, 1.165) is 6.61 Å². The van der Waals surface area contributed by atoms with Crippen molar-refractivity contribution in [1.29, 1.82) is 0 Å². The molecule has 2 aromatic rings. The summed E-state index contributed by atoms with van der Waals surface area (Å²) in [5.74, 6) is 0. The Hall–Kier alpha value is -0.380. The second-order valence-electron chi connectivity index (χ2n) is 2.97. The molecule has 14 heavy (non-hydrogen) atoms. The van der Waals surface area contributed by atoms with Gasteiger partial charge >= 0.3 is 0 Å². The lowest BCUT2D eigenvalue weighted by molar-refractivity contribution is 0.136. The van der Waals surface area contributed by atoms with Crippen LogP contribution in [0.15, 0.2) is 28.7 Å². The van der Waals surface area contributed by atoms with Gasteiger partial charge < -0.3 is 4.74 Å². The molecule has 0 radical (unpaired) electrons. The summed E-state index contributed by atoms with van der Waals surface area (Å²) in [6, 6.07) is 8.39. The van der Waals surface area contributed by atoms with E-state index in [1.807, 2.05) is 6.92 Å². The highest BCUT2D eigenvalue weighted by Crippen LogP contribution is 2.35. The van der Waals surface area contributed by atoms with Crippen LogP contribution in [0.4, 0.5) is 0 Å². The van der Waals surface area contributed by atoms with Gasteiger partial charge in [-0.05, 0) is 28.9 Å². The largest absolute Gasteiger partial charge is 0.376 e. The Morgan fingerprint density at radius 2 is 2.14 bits per heavy atom. The van der Waals surface area contributed by atoms with Gasteiger partial charge in [-0.15, -0.1) is 11.3 Å². The Morgan fingerprint density at radius 1 is 1.36 bits per heavy atom. The molecule has 0 unspecified atom stereocenters. The van der Waals surface area contributed by atoms with Gasteiger partial charge in [0, 0.05) is 26.0 Å². The third-order valence-electron chi connectivity index (χ3n) is 2.04. The number of hydrogen-bond donors (Lipinski definition) is 0. The minimum atomic E-state index is 0.705. The van der Waals surface area contributed by atoms with Crippen LogP contribution < -0.4 is 0 Å². The number of rotatable bonds is 3. The smallest absolute Gasteiger partial charge is 0.0821 e. The molecule has 1 aromatic heterocycles. The molecule has 0 spiro atoms. The maximum Gasteiger partial charge on any atom is 0.0821 e. The van der Waals surface area contributed by atoms with E-state index in [-0.39, 0.29) is 0 Å². The van der Waals surface area contributed by atoms with Crippen LogP contribution in [0.2, 0.25) is 0 Å². The molecule has 1 aromatic carbocycles. The number of halogens is 1. The fourth-order valence-electron chi connectivity index (χ4n) is 1.35. The first-order chi connectivity index (χ1) is 6.83. The van der Waals surface area contributed by atoms with Crippen LogP contribution in [0.3, 0.4) is 0 Å². The zero-order valence-corrected chi connectivity index (χ0v) is 10.3. The van der Waals surface area contributed by atoms with Gasteiger partial charge in [-0.2, -0.15) is 0 Å². The van der Waals surface area contributed by atoms with Crippen LogP contribution >= 0.6 is 27.3 Å². The molecule has 0 saturated carbocycles. The summed E-state index contributed by atoms with van der Waals surface area (Å²) in [6.45, 7) is 3.48. The molecule has 0 saturated heterocycles. The van der Waals surface area contributed by atoms with Crippen LogP contribution in [0, 0.1) is 0 Å². The Bertz CT molecular complexity index is 436. The summed E-state index contributed by atoms with van der Waals surface area (Å²) in [7, 11) is 0. The molecule has 0 amide bonds. The van der Waals surface area contributed by atoms with E-state index in [1.54, 1.807) is 11.3 Å². The lowest BCUT2D eigenvalue weighted by atomic mass is 10.2. The van der Waals surface area contributed by atoms with Gasteiger partial charge in [0.25, 0.3) is 0 Å². The second kappa shape index (κ2) is 4.43. The monoisotopic (exact) mass is 270 g/mol. The van der Waals surface area contributed by atoms with Crippen molar-refractivity contribution in [2.75, 3.05) is 6.61 Å². The molecule has 0 aliphatic carbocycles. The van der Waals surface area contributed by atoms with Gasteiger partial charge in [-0.25, -0.2) is 0 Å². The van der Waals surface area contributed by atoms with E-state index in [4.69, 9.17) is 4.74 Å². The van der Waals surface area contributed by atoms with Crippen molar-refractivity contribution in [1.82, 2.24) is 0 Å². The Labute approximate surface area is 95.8 Å². The summed E-state index contributed by atoms with van der Waals surface area (Å²) < 4.78 is 7.91. The zero-order valence-electron chi connectivity index (χ0n) is 7.92. The molecular weight excluding hydrogens is 260 g/mol. The van der Waals surface area contributed by atoms with E-state index in [9.17, 15) is 0 Å². The normalized spacial score (nSPS) is 11.0. The molecule has 1 nitrogen and oxygen atoms in total. The number of hydrogen-bond acceptors (Lipinski definition) is 2. The molecule has 1 heterocycles. The summed E-state index contributed by atoms with van der Waals surface area (Å²) in [5, 5.41) is 1.28. The lowest BCUT2D eigenvalue weighted by Gasteiger charge is -1.97. The summed E-state index contributed by atoms with van der Waals surface area (Å²) in [6.07, 6.45) is 0. The van der Waals surface area contributed by atoms with Crippen LogP contribution in [0.5, 0.6) is 0 Å². The van der Waals surface area contributed by atoms with Crippen LogP contribution in [-0.2, 0) is 11.3 Å². The Kier molecular flexibility index (Phi) is 3.21. The number of fused-ring (bicyclic) bond motifs is 1. The molecule has 74 valence electrons. The van der Waals surface area contributed by atoms with Crippen molar-refractivity contribution in [3.63, 3.8) is 0 Å². The van der Waals surface area contributed by atoms with Crippen LogP contribution in [0.25, 0.3) is 10.1 Å². The number of thiophene rings is 1. The predicted octanol–water partition coefficient (Wildman–Crippen LogP) is 4.20. The minimum Gasteiger partial charge on any atom is -0.376 e. The third-order valence-corrected chi connectivity index (χ3v) is 4.35. The van der Waals surface area contributed by atoms with Gasteiger partial charge in [0.05, 0.1) is 6.61 Å². The highest BCUT2D eigenvalue weighted by atomic mass is 79.9. The molecule has 0 atom stereocenters. The van der Waals surface area contributed by atoms with E-state index in [2.05, 4.69) is 40.2 Å². The first-order valence-electron chi connectivity index (χ1n) is 4.56. The van der Waals surface area contributed by atoms with E-state index >= 15 is 0 Å². The predicted molar refractivity (Wildman–Crippen MR) is 64.9 cm³/mol. The first-order valence-corrected chi connectivity index (χ1v) is 6.17. The van der Waals surface area contributed by atoms with E-state index in [1.165, 1.54) is 19.4 Å². The molecule has 2 rings (SSSR count). The van der Waals surface area contributed by atoms with Gasteiger partial charge in [0.15, 0.2) is 0 Å². The minimum absolute atomic E-state index is 0.705. The number of benzene rings is 1. The SMILES string of the molecule is CCOCc1sc2ccccc2c1Br. The van der Waals surface area contributed by atoms with E-state index < -0.39 is 0 Å². The second-order valence-corrected chi connectivity index (χ2v) is 4.90. The molecule has 0 aliphatic rings. The van der Waals surface area contributed by atoms with Crippen molar-refractivity contribution >= 4 is 37.4 Å². The summed E-state index contributed by atoms with van der Waals surface area (Å²) >= 11 is 5.40. The van der Waals surface area contributed by atoms with Crippen molar-refractivity contribution in [2.45, 2.75) is 13.5 Å². The van der Waals surface area contributed by atoms with E-state index in [0.29, 0.717) is 6.61 Å². The van der Waals surface area contributed by atoms with Gasteiger partial charge in [-0.1, -0.05) is 18.2 Å². The van der Waals surface area contributed by atoms with Crippen LogP contribution in [-0.4, -0.2) is 6.61 Å². The van der Waals surface area contributed by atoms with Gasteiger partial charge in [0.1, 0.15) is 0 Å². The molecule has 0 aliphatic heterocycles. The van der Waals surface area contributed by atoms with Gasteiger partial charge in [-0.3, -0.25) is 0 Å². The fraction of sp³-hybridized carbons (Fsp3) is 0.273. The van der Waals surface area contributed by atoms with Crippen LogP contribution in [0.1, 0.15) is 11.8 Å². The Balaban J connectivity index is 2.41. The quantitative estimate of drug-likeness (QED) is 0.812. The molecule has 0 fully saturated rings. The summed E-state index contributed by atoms with van der Waals surface area (Å²) in [4.78, 5) is 1.27. The molecule has 0 bridgehead atoms. The van der Waals surface area contributed by atoms with Crippen molar-refractivity contribution in [2.24, 2.45) is 0 Å². The molecular formula is C11H11BrOS. The first kappa shape index (κ1) is 10.1. The number of ether oxygens (including phenoxy) is 1. The summed E-state index contributed by atoms with van der Waals surface area (Å²) in [5.41, 5.74) is 0. The maximum absolute atomic E-state index is 5.41. The lowest BCUT2D eigenvalue weighted by Crippen LogP contribution is -1.88. The average Bonchev–Trinajstić information content (AvgIpc) is 2.54. The molecule has 0 N–H and O–H groups in total. The fourth-order valence-corrected chi connectivity index (χ4v) is 3.22. The maximum atomic E-state index is 5.41. The highest BCUT2D eigenvalue weighted by Gasteiger charge is 2.08. The third kappa shape index (κ3) is 1.85. The van der Waals surface area contributed by atoms with Crippen molar-refractivity contribution in [3.8, 4) is 0 Å².